The molecule has 0 fully saturated rings. The molecule has 0 aliphatic carbocycles. The molecule has 2 heteroatoms. The summed E-state index contributed by atoms with van der Waals surface area (Å²) >= 11 is 6.39. The maximum Gasteiger partial charge on any atom is 0.0702 e. The average molecular weight is 266 g/mol. The van der Waals surface area contributed by atoms with Gasteiger partial charge in [0.05, 0.1) is 5.69 Å². The van der Waals surface area contributed by atoms with Crippen molar-refractivity contribution in [3.05, 3.63) is 77.9 Å². The highest BCUT2D eigenvalue weighted by Crippen LogP contribution is 2.31. The van der Waals surface area contributed by atoms with Crippen LogP contribution in [0.2, 0.25) is 5.02 Å². The molecule has 1 nitrogen and oxygen atoms in total. The smallest absolute Gasteiger partial charge is 0.0702 e. The second-order valence-corrected chi connectivity index (χ2v) is 4.68. The fourth-order valence-corrected chi connectivity index (χ4v) is 2.35. The third kappa shape index (κ3) is 2.51. The first-order valence-corrected chi connectivity index (χ1v) is 6.49. The molecule has 2 aromatic carbocycles. The van der Waals surface area contributed by atoms with Gasteiger partial charge < -0.3 is 0 Å². The van der Waals surface area contributed by atoms with Gasteiger partial charge >= 0.3 is 0 Å². The Hall–Kier alpha value is -2.12. The lowest BCUT2D eigenvalue weighted by atomic mass is 10.0. The van der Waals surface area contributed by atoms with Crippen molar-refractivity contribution in [2.24, 2.45) is 0 Å². The van der Waals surface area contributed by atoms with Crippen molar-refractivity contribution in [2.45, 2.75) is 0 Å². The van der Waals surface area contributed by atoms with Crippen molar-refractivity contribution in [3.63, 3.8) is 0 Å². The maximum absolute atomic E-state index is 6.39. The van der Waals surface area contributed by atoms with Crippen molar-refractivity contribution in [1.29, 1.82) is 0 Å². The van der Waals surface area contributed by atoms with Crippen molar-refractivity contribution in [3.8, 4) is 22.4 Å². The van der Waals surface area contributed by atoms with Gasteiger partial charge in [-0.25, -0.2) is 0 Å². The molecule has 0 radical (unpaired) electrons. The van der Waals surface area contributed by atoms with Gasteiger partial charge in [0.2, 0.25) is 0 Å². The Kier molecular flexibility index (Phi) is 3.30. The predicted molar refractivity (Wildman–Crippen MR) is 80.1 cm³/mol. The van der Waals surface area contributed by atoms with E-state index in [1.165, 1.54) is 0 Å². The Balaban J connectivity index is 2.04. The minimum atomic E-state index is 0.745. The summed E-state index contributed by atoms with van der Waals surface area (Å²) in [7, 11) is 0. The van der Waals surface area contributed by atoms with E-state index in [-0.39, 0.29) is 0 Å². The van der Waals surface area contributed by atoms with Gasteiger partial charge in [0, 0.05) is 22.3 Å². The van der Waals surface area contributed by atoms with E-state index in [9.17, 15) is 0 Å². The number of aromatic nitrogens is 1. The zero-order valence-electron chi connectivity index (χ0n) is 10.3. The summed E-state index contributed by atoms with van der Waals surface area (Å²) in [6, 6.07) is 22.1. The topological polar surface area (TPSA) is 12.9 Å². The van der Waals surface area contributed by atoms with Crippen LogP contribution >= 0.6 is 11.6 Å². The first kappa shape index (κ1) is 11.9. The molecular formula is C17H12ClN. The lowest BCUT2D eigenvalue weighted by molar-refractivity contribution is 1.33. The standard InChI is InChI=1S/C17H12ClN/c18-16-12-14(17-8-4-5-11-19-17)9-10-15(16)13-6-2-1-3-7-13/h1-12H. The zero-order valence-corrected chi connectivity index (χ0v) is 11.0. The highest BCUT2D eigenvalue weighted by molar-refractivity contribution is 6.33. The lowest BCUT2D eigenvalue weighted by Gasteiger charge is -2.07. The third-order valence-electron chi connectivity index (χ3n) is 3.01. The molecule has 0 spiro atoms. The van der Waals surface area contributed by atoms with Crippen LogP contribution in [0.15, 0.2) is 72.9 Å². The van der Waals surface area contributed by atoms with E-state index in [1.807, 2.05) is 48.5 Å². The van der Waals surface area contributed by atoms with E-state index in [4.69, 9.17) is 11.6 Å². The number of benzene rings is 2. The van der Waals surface area contributed by atoms with Gasteiger partial charge in [-0.15, -0.1) is 0 Å². The number of rotatable bonds is 2. The molecule has 0 amide bonds. The Labute approximate surface area is 117 Å². The number of pyridine rings is 1. The van der Waals surface area contributed by atoms with Gasteiger partial charge in [-0.1, -0.05) is 60.1 Å². The molecule has 19 heavy (non-hydrogen) atoms. The molecular weight excluding hydrogens is 254 g/mol. The van der Waals surface area contributed by atoms with Gasteiger partial charge in [0.1, 0.15) is 0 Å². The zero-order chi connectivity index (χ0) is 13.1. The fourth-order valence-electron chi connectivity index (χ4n) is 2.06. The number of hydrogen-bond acceptors (Lipinski definition) is 1. The Bertz CT molecular complexity index is 678. The molecule has 1 aromatic heterocycles. The van der Waals surface area contributed by atoms with E-state index >= 15 is 0 Å². The van der Waals surface area contributed by atoms with Gasteiger partial charge in [0.15, 0.2) is 0 Å². The monoisotopic (exact) mass is 265 g/mol. The molecule has 0 saturated heterocycles. The van der Waals surface area contributed by atoms with Crippen LogP contribution < -0.4 is 0 Å². The molecule has 0 saturated carbocycles. The molecule has 1 heterocycles. The van der Waals surface area contributed by atoms with E-state index in [1.54, 1.807) is 6.20 Å². The minimum absolute atomic E-state index is 0.745. The third-order valence-corrected chi connectivity index (χ3v) is 3.33. The van der Waals surface area contributed by atoms with Crippen LogP contribution in [-0.2, 0) is 0 Å². The van der Waals surface area contributed by atoms with Gasteiger partial charge in [-0.3, -0.25) is 4.98 Å². The highest BCUT2D eigenvalue weighted by atomic mass is 35.5. The molecule has 3 aromatic rings. The van der Waals surface area contributed by atoms with Crippen LogP contribution in [0, 0.1) is 0 Å². The van der Waals surface area contributed by atoms with E-state index in [0.29, 0.717) is 0 Å². The summed E-state index contributed by atoms with van der Waals surface area (Å²) in [5.41, 5.74) is 4.14. The van der Waals surface area contributed by atoms with Gasteiger partial charge in [-0.05, 0) is 23.8 Å². The summed E-state index contributed by atoms with van der Waals surface area (Å²) < 4.78 is 0. The van der Waals surface area contributed by atoms with Crippen LogP contribution in [0.5, 0.6) is 0 Å². The van der Waals surface area contributed by atoms with Crippen molar-refractivity contribution < 1.29 is 0 Å². The summed E-state index contributed by atoms with van der Waals surface area (Å²) in [4.78, 5) is 4.33. The van der Waals surface area contributed by atoms with E-state index in [2.05, 4.69) is 23.2 Å². The quantitative estimate of drug-likeness (QED) is 0.630. The van der Waals surface area contributed by atoms with E-state index in [0.717, 1.165) is 27.4 Å². The van der Waals surface area contributed by atoms with Crippen LogP contribution in [0.25, 0.3) is 22.4 Å². The summed E-state index contributed by atoms with van der Waals surface area (Å²) in [6.07, 6.45) is 1.79. The summed E-state index contributed by atoms with van der Waals surface area (Å²) in [6.45, 7) is 0. The Morgan fingerprint density at radius 1 is 0.737 bits per heavy atom. The second kappa shape index (κ2) is 5.25. The Morgan fingerprint density at radius 3 is 2.21 bits per heavy atom. The largest absolute Gasteiger partial charge is 0.256 e. The summed E-state index contributed by atoms with van der Waals surface area (Å²) in [5.74, 6) is 0. The fraction of sp³-hybridized carbons (Fsp3) is 0. The number of nitrogens with zero attached hydrogens (tertiary/aromatic N) is 1. The van der Waals surface area contributed by atoms with Crippen LogP contribution in [0.1, 0.15) is 0 Å². The van der Waals surface area contributed by atoms with Crippen LogP contribution in [-0.4, -0.2) is 4.98 Å². The molecule has 0 aliphatic rings. The first-order chi connectivity index (χ1) is 9.34. The summed E-state index contributed by atoms with van der Waals surface area (Å²) in [5, 5.41) is 0.745. The lowest BCUT2D eigenvalue weighted by Crippen LogP contribution is -1.84. The average Bonchev–Trinajstić information content (AvgIpc) is 2.49. The van der Waals surface area contributed by atoms with Gasteiger partial charge in [-0.2, -0.15) is 0 Å². The van der Waals surface area contributed by atoms with E-state index < -0.39 is 0 Å². The van der Waals surface area contributed by atoms with Crippen LogP contribution in [0.3, 0.4) is 0 Å². The van der Waals surface area contributed by atoms with Crippen molar-refractivity contribution in [1.82, 2.24) is 4.98 Å². The first-order valence-electron chi connectivity index (χ1n) is 6.11. The molecule has 0 atom stereocenters. The van der Waals surface area contributed by atoms with Crippen molar-refractivity contribution >= 4 is 11.6 Å². The van der Waals surface area contributed by atoms with Crippen LogP contribution in [0.4, 0.5) is 0 Å². The molecule has 0 N–H and O–H groups in total. The normalized spacial score (nSPS) is 10.4. The second-order valence-electron chi connectivity index (χ2n) is 4.28. The highest BCUT2D eigenvalue weighted by Gasteiger charge is 2.05. The van der Waals surface area contributed by atoms with Crippen molar-refractivity contribution in [2.75, 3.05) is 0 Å². The minimum Gasteiger partial charge on any atom is -0.256 e. The molecule has 0 bridgehead atoms. The molecule has 0 unspecified atom stereocenters. The predicted octanol–water partition coefficient (Wildman–Crippen LogP) is 5.07. The SMILES string of the molecule is Clc1cc(-c2ccccn2)ccc1-c1ccccc1. The number of halogens is 1. The Morgan fingerprint density at radius 2 is 1.53 bits per heavy atom. The molecule has 92 valence electrons. The maximum atomic E-state index is 6.39. The number of hydrogen-bond donors (Lipinski definition) is 0. The molecule has 0 aliphatic heterocycles. The molecule has 3 rings (SSSR count). The van der Waals surface area contributed by atoms with Gasteiger partial charge in [0.25, 0.3) is 0 Å².